The van der Waals surface area contributed by atoms with Gasteiger partial charge < -0.3 is 4.74 Å². The molecule has 1 saturated carbocycles. The van der Waals surface area contributed by atoms with Crippen molar-refractivity contribution in [3.63, 3.8) is 0 Å². The summed E-state index contributed by atoms with van der Waals surface area (Å²) in [6.07, 6.45) is 1.81. The molecule has 0 aromatic heterocycles. The molecule has 2 heterocycles. The number of fused-ring (bicyclic) bond motifs is 6. The SMILES string of the molecule is c1ccc2c(c1)[C@@H]1OO[C@@H](O1)C21CC1. The lowest BCUT2D eigenvalue weighted by Gasteiger charge is -2.27. The number of benzene rings is 1. The van der Waals surface area contributed by atoms with E-state index in [1.807, 2.05) is 6.07 Å². The van der Waals surface area contributed by atoms with Crippen LogP contribution in [0.2, 0.25) is 0 Å². The van der Waals surface area contributed by atoms with Gasteiger partial charge in [-0.3, -0.25) is 0 Å². The third-order valence-corrected chi connectivity index (χ3v) is 3.47. The van der Waals surface area contributed by atoms with Gasteiger partial charge in [-0.05, 0) is 18.4 Å². The molecule has 72 valence electrons. The highest BCUT2D eigenvalue weighted by atomic mass is 17.3. The van der Waals surface area contributed by atoms with Crippen LogP contribution >= 0.6 is 0 Å². The predicted octanol–water partition coefficient (Wildman–Crippen LogP) is 2.03. The van der Waals surface area contributed by atoms with E-state index in [0.717, 1.165) is 18.4 Å². The first kappa shape index (κ1) is 7.40. The molecule has 0 unspecified atom stereocenters. The monoisotopic (exact) mass is 190 g/mol. The normalized spacial score (nSPS) is 35.7. The lowest BCUT2D eigenvalue weighted by atomic mass is 9.88. The molecule has 14 heavy (non-hydrogen) atoms. The summed E-state index contributed by atoms with van der Waals surface area (Å²) in [5.74, 6) is 0. The molecule has 1 aromatic carbocycles. The first-order valence-electron chi connectivity index (χ1n) is 4.97. The van der Waals surface area contributed by atoms with Crippen LogP contribution in [-0.4, -0.2) is 6.29 Å². The lowest BCUT2D eigenvalue weighted by molar-refractivity contribution is -0.299. The highest BCUT2D eigenvalue weighted by molar-refractivity contribution is 5.42. The first-order chi connectivity index (χ1) is 6.90. The van der Waals surface area contributed by atoms with Crippen LogP contribution in [0.1, 0.15) is 30.3 Å². The number of ether oxygens (including phenoxy) is 1. The summed E-state index contributed by atoms with van der Waals surface area (Å²) < 4.78 is 5.66. The van der Waals surface area contributed by atoms with E-state index in [1.165, 1.54) is 5.56 Å². The van der Waals surface area contributed by atoms with Crippen LogP contribution in [0.4, 0.5) is 0 Å². The second-order valence-corrected chi connectivity index (χ2v) is 4.24. The zero-order chi connectivity index (χ0) is 9.17. The maximum atomic E-state index is 5.66. The van der Waals surface area contributed by atoms with Crippen molar-refractivity contribution in [1.29, 1.82) is 0 Å². The fourth-order valence-electron chi connectivity index (χ4n) is 2.53. The third-order valence-electron chi connectivity index (χ3n) is 3.47. The lowest BCUT2D eigenvalue weighted by Crippen LogP contribution is -2.31. The fourth-order valence-corrected chi connectivity index (χ4v) is 2.53. The molecule has 2 aliphatic heterocycles. The molecule has 4 rings (SSSR count). The van der Waals surface area contributed by atoms with E-state index in [9.17, 15) is 0 Å². The van der Waals surface area contributed by atoms with Gasteiger partial charge in [-0.15, -0.1) is 0 Å². The van der Waals surface area contributed by atoms with Gasteiger partial charge in [-0.1, -0.05) is 24.3 Å². The maximum absolute atomic E-state index is 5.66. The van der Waals surface area contributed by atoms with Gasteiger partial charge in [0.15, 0.2) is 0 Å². The number of rotatable bonds is 0. The van der Waals surface area contributed by atoms with E-state index in [4.69, 9.17) is 14.5 Å². The summed E-state index contributed by atoms with van der Waals surface area (Å²) in [6, 6.07) is 8.32. The Bertz CT molecular complexity index is 397. The summed E-state index contributed by atoms with van der Waals surface area (Å²) in [4.78, 5) is 10.4. The minimum atomic E-state index is -0.303. The van der Waals surface area contributed by atoms with Crippen molar-refractivity contribution in [2.24, 2.45) is 0 Å². The van der Waals surface area contributed by atoms with Crippen molar-refractivity contribution in [1.82, 2.24) is 0 Å². The van der Waals surface area contributed by atoms with Crippen LogP contribution in [0.5, 0.6) is 0 Å². The van der Waals surface area contributed by atoms with E-state index in [0.29, 0.717) is 0 Å². The van der Waals surface area contributed by atoms with Gasteiger partial charge in [-0.25, -0.2) is 4.89 Å². The van der Waals surface area contributed by atoms with Crippen LogP contribution in [0.15, 0.2) is 24.3 Å². The van der Waals surface area contributed by atoms with Crippen LogP contribution < -0.4 is 0 Å². The largest absolute Gasteiger partial charge is 0.312 e. The molecule has 3 heteroatoms. The molecule has 1 aromatic rings. The van der Waals surface area contributed by atoms with E-state index in [1.54, 1.807) is 0 Å². The molecule has 0 N–H and O–H groups in total. The molecular weight excluding hydrogens is 180 g/mol. The molecule has 2 bridgehead atoms. The zero-order valence-corrected chi connectivity index (χ0v) is 7.60. The molecule has 1 saturated heterocycles. The summed E-state index contributed by atoms with van der Waals surface area (Å²) in [5.41, 5.74) is 2.60. The van der Waals surface area contributed by atoms with Crippen molar-refractivity contribution >= 4 is 0 Å². The molecule has 3 nitrogen and oxygen atoms in total. The van der Waals surface area contributed by atoms with Crippen LogP contribution in [0.3, 0.4) is 0 Å². The molecule has 3 aliphatic rings. The minimum absolute atomic E-state index is 0.101. The van der Waals surface area contributed by atoms with Crippen LogP contribution in [-0.2, 0) is 19.9 Å². The van der Waals surface area contributed by atoms with Gasteiger partial charge in [0.2, 0.25) is 12.6 Å². The average molecular weight is 190 g/mol. The van der Waals surface area contributed by atoms with Crippen molar-refractivity contribution in [2.45, 2.75) is 30.8 Å². The number of hydrogen-bond acceptors (Lipinski definition) is 3. The van der Waals surface area contributed by atoms with Gasteiger partial charge in [-0.2, -0.15) is 4.89 Å². The van der Waals surface area contributed by atoms with Crippen molar-refractivity contribution in [2.75, 3.05) is 0 Å². The van der Waals surface area contributed by atoms with E-state index >= 15 is 0 Å². The molecule has 1 aliphatic carbocycles. The molecule has 0 amide bonds. The van der Waals surface area contributed by atoms with Gasteiger partial charge in [0.25, 0.3) is 0 Å². The second-order valence-electron chi connectivity index (χ2n) is 4.24. The summed E-state index contributed by atoms with van der Waals surface area (Å²) >= 11 is 0. The summed E-state index contributed by atoms with van der Waals surface area (Å²) in [7, 11) is 0. The van der Waals surface area contributed by atoms with Gasteiger partial charge in [0.1, 0.15) is 0 Å². The van der Waals surface area contributed by atoms with E-state index in [2.05, 4.69) is 18.2 Å². The van der Waals surface area contributed by atoms with E-state index in [-0.39, 0.29) is 18.0 Å². The molecule has 1 spiro atoms. The highest BCUT2D eigenvalue weighted by Crippen LogP contribution is 2.60. The summed E-state index contributed by atoms with van der Waals surface area (Å²) in [6.45, 7) is 0. The zero-order valence-electron chi connectivity index (χ0n) is 7.60. The maximum Gasteiger partial charge on any atom is 0.220 e. The Morgan fingerprint density at radius 1 is 1.14 bits per heavy atom. The highest BCUT2D eigenvalue weighted by Gasteiger charge is 2.61. The summed E-state index contributed by atoms with van der Waals surface area (Å²) in [5, 5.41) is 0. The Labute approximate surface area is 81.5 Å². The average Bonchev–Trinajstić information content (AvgIpc) is 2.91. The van der Waals surface area contributed by atoms with Crippen molar-refractivity contribution in [3.05, 3.63) is 35.4 Å². The Hall–Kier alpha value is -0.900. The fraction of sp³-hybridized carbons (Fsp3) is 0.455. The third kappa shape index (κ3) is 0.704. The number of hydrogen-bond donors (Lipinski definition) is 0. The smallest absolute Gasteiger partial charge is 0.220 e. The second kappa shape index (κ2) is 2.19. The van der Waals surface area contributed by atoms with Gasteiger partial charge in [0, 0.05) is 11.0 Å². The van der Waals surface area contributed by atoms with Crippen LogP contribution in [0.25, 0.3) is 0 Å². The predicted molar refractivity (Wildman–Crippen MR) is 47.1 cm³/mol. The molecular formula is C11H10O3. The van der Waals surface area contributed by atoms with Crippen molar-refractivity contribution in [3.8, 4) is 0 Å². The standard InChI is InChI=1S/C11H10O3/c1-2-4-8-7(3-1)9-12-10(14-13-9)11(8)5-6-11/h1-4,9-10H,5-6H2/t9-,10+/m0/s1. The first-order valence-corrected chi connectivity index (χ1v) is 4.97. The minimum Gasteiger partial charge on any atom is -0.312 e. The van der Waals surface area contributed by atoms with Gasteiger partial charge >= 0.3 is 0 Å². The quantitative estimate of drug-likeness (QED) is 0.586. The topological polar surface area (TPSA) is 27.7 Å². The molecule has 2 fully saturated rings. The Morgan fingerprint density at radius 3 is 2.86 bits per heavy atom. The van der Waals surface area contributed by atoms with Crippen LogP contribution in [0, 0.1) is 0 Å². The Kier molecular flexibility index (Phi) is 1.16. The van der Waals surface area contributed by atoms with Gasteiger partial charge in [0.05, 0.1) is 0 Å². The van der Waals surface area contributed by atoms with Crippen molar-refractivity contribution < 1.29 is 14.5 Å². The van der Waals surface area contributed by atoms with E-state index < -0.39 is 0 Å². The Morgan fingerprint density at radius 2 is 2.00 bits per heavy atom. The Balaban J connectivity index is 1.99. The molecule has 0 radical (unpaired) electrons. The molecule has 2 atom stereocenters.